The van der Waals surface area contributed by atoms with Gasteiger partial charge in [0.05, 0.1) is 6.67 Å². The van der Waals surface area contributed by atoms with Gasteiger partial charge in [-0.05, 0) is 6.42 Å². The molecular weight excluding hydrogens is 258 g/mol. The Kier molecular flexibility index (Phi) is 11.7. The summed E-state index contributed by atoms with van der Waals surface area (Å²) < 4.78 is 0. The Balaban J connectivity index is 0.000000796. The molecule has 20 heavy (non-hydrogen) atoms. The van der Waals surface area contributed by atoms with Gasteiger partial charge in [0.25, 0.3) is 5.09 Å². The number of hydrogen-bond acceptors (Lipinski definition) is 4. The minimum Gasteiger partial charge on any atom is -0.362 e. The van der Waals surface area contributed by atoms with Crippen molar-refractivity contribution in [3.63, 3.8) is 0 Å². The molecule has 1 aliphatic heterocycles. The van der Waals surface area contributed by atoms with Crippen LogP contribution in [0.2, 0.25) is 0 Å². The van der Waals surface area contributed by atoms with Crippen molar-refractivity contribution < 1.29 is 10.3 Å². The van der Waals surface area contributed by atoms with Crippen LogP contribution in [0.15, 0.2) is 12.4 Å². The molecule has 0 amide bonds. The average Bonchev–Trinajstić information content (AvgIpc) is 2.78. The summed E-state index contributed by atoms with van der Waals surface area (Å²) in [5, 5.41) is 13.6. The van der Waals surface area contributed by atoms with E-state index in [0.717, 1.165) is 6.67 Å². The molecule has 0 radical (unpaired) electrons. The summed E-state index contributed by atoms with van der Waals surface area (Å²) in [6.45, 7) is 4.59. The van der Waals surface area contributed by atoms with Crippen LogP contribution in [0.3, 0.4) is 0 Å². The topological polar surface area (TPSA) is 69.9 Å². The predicted molar refractivity (Wildman–Crippen MR) is 79.9 cm³/mol. The molecule has 0 fully saturated rings. The Hall–Kier alpha value is -1.46. The monoisotopic (exact) mass is 287 g/mol. The van der Waals surface area contributed by atoms with E-state index in [0.29, 0.717) is 0 Å². The standard InChI is InChI=1S/C14H28N2.HNO3/c1-3-4-5-6-7-8-9-10-11-16-13-12-15(2)14-16;2-1(3)4/h12-13H,3-11,14H2,1-2H3;(H,2,3,4). The molecule has 1 N–H and O–H groups in total. The van der Waals surface area contributed by atoms with Crippen molar-refractivity contribution in [3.05, 3.63) is 22.5 Å². The van der Waals surface area contributed by atoms with Crippen LogP contribution in [-0.2, 0) is 0 Å². The third-order valence-corrected chi connectivity index (χ3v) is 3.24. The largest absolute Gasteiger partial charge is 0.362 e. The van der Waals surface area contributed by atoms with Gasteiger partial charge < -0.3 is 15.0 Å². The second-order valence-corrected chi connectivity index (χ2v) is 5.22. The van der Waals surface area contributed by atoms with E-state index in [1.54, 1.807) is 0 Å². The maximum atomic E-state index is 8.36. The van der Waals surface area contributed by atoms with E-state index >= 15 is 0 Å². The maximum Gasteiger partial charge on any atom is 0.291 e. The number of nitrogens with zero attached hydrogens (tertiary/aromatic N) is 3. The van der Waals surface area contributed by atoms with Gasteiger partial charge in [-0.25, -0.2) is 0 Å². The van der Waals surface area contributed by atoms with Crippen molar-refractivity contribution in [3.8, 4) is 0 Å². The van der Waals surface area contributed by atoms with Crippen LogP contribution in [-0.4, -0.2) is 40.4 Å². The lowest BCUT2D eigenvalue weighted by Gasteiger charge is -2.17. The molecule has 0 atom stereocenters. The fourth-order valence-corrected chi connectivity index (χ4v) is 2.18. The maximum absolute atomic E-state index is 8.36. The van der Waals surface area contributed by atoms with Gasteiger partial charge in [-0.3, -0.25) is 0 Å². The fraction of sp³-hybridized carbons (Fsp3) is 0.857. The third-order valence-electron chi connectivity index (χ3n) is 3.24. The van der Waals surface area contributed by atoms with Crippen molar-refractivity contribution in [1.29, 1.82) is 0 Å². The van der Waals surface area contributed by atoms with Crippen LogP contribution in [0.5, 0.6) is 0 Å². The van der Waals surface area contributed by atoms with Gasteiger partial charge >= 0.3 is 0 Å². The Bertz CT molecular complexity index is 268. The Morgan fingerprint density at radius 3 is 2.05 bits per heavy atom. The first kappa shape index (κ1) is 18.5. The Labute approximate surface area is 122 Å². The van der Waals surface area contributed by atoms with E-state index in [-0.39, 0.29) is 0 Å². The summed E-state index contributed by atoms with van der Waals surface area (Å²) >= 11 is 0. The molecule has 0 saturated carbocycles. The minimum absolute atomic E-state index is 1.08. The summed E-state index contributed by atoms with van der Waals surface area (Å²) in [6, 6.07) is 0. The van der Waals surface area contributed by atoms with Crippen molar-refractivity contribution in [2.75, 3.05) is 20.3 Å². The van der Waals surface area contributed by atoms with Crippen LogP contribution >= 0.6 is 0 Å². The summed E-state index contributed by atoms with van der Waals surface area (Å²) in [5.74, 6) is 0. The van der Waals surface area contributed by atoms with Crippen molar-refractivity contribution >= 4 is 0 Å². The van der Waals surface area contributed by atoms with Crippen LogP contribution in [0, 0.1) is 10.1 Å². The van der Waals surface area contributed by atoms with Crippen LogP contribution < -0.4 is 0 Å². The second kappa shape index (κ2) is 12.6. The quantitative estimate of drug-likeness (QED) is 0.399. The number of rotatable bonds is 9. The molecule has 0 aromatic carbocycles. The van der Waals surface area contributed by atoms with Crippen LogP contribution in [0.4, 0.5) is 0 Å². The van der Waals surface area contributed by atoms with Gasteiger partial charge in [-0.15, -0.1) is 10.1 Å². The zero-order valence-electron chi connectivity index (χ0n) is 12.8. The highest BCUT2D eigenvalue weighted by Gasteiger charge is 2.06. The molecule has 1 aliphatic rings. The van der Waals surface area contributed by atoms with E-state index in [4.69, 9.17) is 15.3 Å². The smallest absolute Gasteiger partial charge is 0.291 e. The van der Waals surface area contributed by atoms with Gasteiger partial charge in [0.15, 0.2) is 0 Å². The number of unbranched alkanes of at least 4 members (excludes halogenated alkanes) is 7. The first-order valence-corrected chi connectivity index (χ1v) is 7.52. The summed E-state index contributed by atoms with van der Waals surface area (Å²) in [7, 11) is 2.13. The molecule has 1 heterocycles. The second-order valence-electron chi connectivity index (χ2n) is 5.22. The van der Waals surface area contributed by atoms with Crippen molar-refractivity contribution in [2.45, 2.75) is 58.3 Å². The normalized spacial score (nSPS) is 13.3. The van der Waals surface area contributed by atoms with E-state index in [1.807, 2.05) is 0 Å². The Morgan fingerprint density at radius 2 is 1.60 bits per heavy atom. The van der Waals surface area contributed by atoms with Crippen molar-refractivity contribution in [2.24, 2.45) is 0 Å². The number of hydrogen-bond donors (Lipinski definition) is 1. The van der Waals surface area contributed by atoms with Gasteiger partial charge in [-0.1, -0.05) is 51.9 Å². The molecule has 0 aliphatic carbocycles. The van der Waals surface area contributed by atoms with Crippen molar-refractivity contribution in [1.82, 2.24) is 9.80 Å². The van der Waals surface area contributed by atoms with E-state index in [2.05, 4.69) is 36.2 Å². The highest BCUT2D eigenvalue weighted by Crippen LogP contribution is 2.10. The predicted octanol–water partition coefficient (Wildman–Crippen LogP) is 3.46. The third kappa shape index (κ3) is 13.0. The first-order chi connectivity index (χ1) is 9.56. The molecule has 0 aromatic heterocycles. The highest BCUT2D eigenvalue weighted by molar-refractivity contribution is 4.88. The first-order valence-electron chi connectivity index (χ1n) is 7.52. The lowest BCUT2D eigenvalue weighted by atomic mass is 10.1. The minimum atomic E-state index is -1.50. The molecule has 0 unspecified atom stereocenters. The molecule has 0 saturated heterocycles. The highest BCUT2D eigenvalue weighted by atomic mass is 16.9. The average molecular weight is 287 g/mol. The van der Waals surface area contributed by atoms with Gasteiger partial charge in [0.1, 0.15) is 0 Å². The molecule has 1 rings (SSSR count). The van der Waals surface area contributed by atoms with Gasteiger partial charge in [0, 0.05) is 26.0 Å². The molecule has 0 aromatic rings. The molecule has 6 heteroatoms. The molecule has 118 valence electrons. The lowest BCUT2D eigenvalue weighted by molar-refractivity contribution is -0.742. The van der Waals surface area contributed by atoms with Crippen LogP contribution in [0.1, 0.15) is 58.3 Å². The van der Waals surface area contributed by atoms with E-state index in [9.17, 15) is 0 Å². The lowest BCUT2D eigenvalue weighted by Crippen LogP contribution is -2.23. The zero-order valence-corrected chi connectivity index (χ0v) is 12.8. The zero-order chi connectivity index (χ0) is 15.2. The summed E-state index contributed by atoms with van der Waals surface area (Å²) in [5.41, 5.74) is 0. The van der Waals surface area contributed by atoms with E-state index in [1.165, 1.54) is 57.9 Å². The molecule has 0 bridgehead atoms. The fourth-order valence-electron chi connectivity index (χ4n) is 2.18. The summed E-state index contributed by atoms with van der Waals surface area (Å²) in [4.78, 5) is 13.0. The Morgan fingerprint density at radius 1 is 1.10 bits per heavy atom. The SMILES string of the molecule is CCCCCCCCCCN1C=CN(C)C1.O=[N+]([O-])O. The summed E-state index contributed by atoms with van der Waals surface area (Å²) in [6.07, 6.45) is 15.7. The van der Waals surface area contributed by atoms with Gasteiger partial charge in [0.2, 0.25) is 0 Å². The molecule has 6 nitrogen and oxygen atoms in total. The molecular formula is C14H29N3O3. The van der Waals surface area contributed by atoms with Crippen LogP contribution in [0.25, 0.3) is 0 Å². The van der Waals surface area contributed by atoms with Gasteiger partial charge in [-0.2, -0.15) is 0 Å². The molecule has 0 spiro atoms. The van der Waals surface area contributed by atoms with E-state index < -0.39 is 5.09 Å².